The summed E-state index contributed by atoms with van der Waals surface area (Å²) >= 11 is 0. The lowest BCUT2D eigenvalue weighted by atomic mass is 9.96. The van der Waals surface area contributed by atoms with E-state index in [1.54, 1.807) is 12.1 Å². The van der Waals surface area contributed by atoms with Gasteiger partial charge in [0.05, 0.1) is 12.1 Å². The molecule has 41 heavy (non-hydrogen) atoms. The third-order valence-corrected chi connectivity index (χ3v) is 7.27. The molecule has 1 aliphatic heterocycles. The number of benzene rings is 2. The number of hydrogen-bond donors (Lipinski definition) is 4. The molecule has 0 saturated heterocycles. The molecule has 0 radical (unpaired) electrons. The third kappa shape index (κ3) is 8.86. The van der Waals surface area contributed by atoms with Gasteiger partial charge in [-0.2, -0.15) is 0 Å². The molecule has 0 aliphatic carbocycles. The predicted octanol–water partition coefficient (Wildman–Crippen LogP) is 2.29. The van der Waals surface area contributed by atoms with E-state index in [0.717, 1.165) is 5.56 Å². The number of para-hydroxylation sites is 1. The van der Waals surface area contributed by atoms with E-state index in [0.29, 0.717) is 30.9 Å². The first kappa shape index (κ1) is 31.8. The van der Waals surface area contributed by atoms with Gasteiger partial charge in [0.25, 0.3) is 0 Å². The fraction of sp³-hybridized carbons (Fsp3) is 0.452. The Bertz CT molecular complexity index is 1220. The Hall–Kier alpha value is -3.76. The number of nitrogens with one attached hydrogen (secondary N) is 3. The van der Waals surface area contributed by atoms with E-state index in [2.05, 4.69) is 16.0 Å². The first-order chi connectivity index (χ1) is 19.6. The van der Waals surface area contributed by atoms with Gasteiger partial charge in [-0.15, -0.1) is 0 Å². The van der Waals surface area contributed by atoms with E-state index in [-0.39, 0.29) is 24.8 Å². The summed E-state index contributed by atoms with van der Waals surface area (Å²) in [6.07, 6.45) is 3.08. The molecule has 9 nitrogen and oxygen atoms in total. The monoisotopic (exact) mass is 568 g/mol. The lowest BCUT2D eigenvalue weighted by Crippen LogP contribution is -2.61. The molecule has 2 unspecified atom stereocenters. The summed E-state index contributed by atoms with van der Waals surface area (Å²) in [5.41, 5.74) is 1.33. The summed E-state index contributed by atoms with van der Waals surface area (Å²) < 4.78 is 19.9. The fourth-order valence-electron chi connectivity index (χ4n) is 4.80. The number of amides is 3. The van der Waals surface area contributed by atoms with Crippen LogP contribution in [-0.2, 0) is 20.8 Å². The number of aliphatic hydroxyl groups is 1. The smallest absolute Gasteiger partial charge is 0.246 e. The first-order valence-electron chi connectivity index (χ1n) is 14.0. The van der Waals surface area contributed by atoms with Crippen LogP contribution in [0.25, 0.3) is 6.08 Å². The number of carbonyl (C=O) groups excluding carboxylic acids is 3. The van der Waals surface area contributed by atoms with E-state index in [9.17, 15) is 23.9 Å². The Labute approximate surface area is 241 Å². The molecule has 10 heteroatoms. The number of fused-ring (bicyclic) bond motifs is 1. The topological polar surface area (TPSA) is 120 Å². The van der Waals surface area contributed by atoms with Crippen LogP contribution in [-0.4, -0.2) is 78.7 Å². The summed E-state index contributed by atoms with van der Waals surface area (Å²) in [6, 6.07) is 10.3. The van der Waals surface area contributed by atoms with Crippen LogP contribution in [0.15, 0.2) is 54.6 Å². The van der Waals surface area contributed by atoms with Gasteiger partial charge in [-0.1, -0.05) is 62.8 Å². The van der Waals surface area contributed by atoms with Crippen molar-refractivity contribution in [2.24, 2.45) is 5.92 Å². The highest BCUT2D eigenvalue weighted by Crippen LogP contribution is 2.20. The van der Waals surface area contributed by atoms with Crippen LogP contribution in [0.4, 0.5) is 4.39 Å². The highest BCUT2D eigenvalue weighted by atomic mass is 19.1. The highest BCUT2D eigenvalue weighted by Gasteiger charge is 2.37. The van der Waals surface area contributed by atoms with Crippen molar-refractivity contribution in [3.8, 4) is 5.75 Å². The summed E-state index contributed by atoms with van der Waals surface area (Å²) in [4.78, 5) is 41.7. The van der Waals surface area contributed by atoms with Crippen molar-refractivity contribution >= 4 is 23.8 Å². The molecule has 0 aromatic heterocycles. The fourth-order valence-corrected chi connectivity index (χ4v) is 4.80. The minimum absolute atomic E-state index is 0.0109. The number of halogens is 1. The lowest BCUT2D eigenvalue weighted by molar-refractivity contribution is -0.146. The van der Waals surface area contributed by atoms with Crippen molar-refractivity contribution < 1.29 is 28.6 Å². The van der Waals surface area contributed by atoms with E-state index in [1.165, 1.54) is 37.1 Å². The van der Waals surface area contributed by atoms with Crippen LogP contribution in [0.1, 0.15) is 38.3 Å². The van der Waals surface area contributed by atoms with Gasteiger partial charge in [-0.25, -0.2) is 4.39 Å². The molecule has 3 amide bonds. The largest absolute Gasteiger partial charge is 0.492 e. The normalized spacial score (nSPS) is 23.6. The Morgan fingerprint density at radius 1 is 1.10 bits per heavy atom. The Balaban J connectivity index is 1.96. The van der Waals surface area contributed by atoms with Gasteiger partial charge in [-0.3, -0.25) is 14.4 Å². The van der Waals surface area contributed by atoms with Crippen molar-refractivity contribution in [3.63, 3.8) is 0 Å². The number of nitrogens with zero attached hydrogens (tertiary/aromatic N) is 1. The van der Waals surface area contributed by atoms with Gasteiger partial charge in [0, 0.05) is 32.1 Å². The maximum absolute atomic E-state index is 13.9. The zero-order valence-electron chi connectivity index (χ0n) is 24.1. The van der Waals surface area contributed by atoms with Crippen LogP contribution in [0.3, 0.4) is 0 Å². The molecule has 1 heterocycles. The molecule has 0 spiro atoms. The first-order valence-corrected chi connectivity index (χ1v) is 14.0. The lowest BCUT2D eigenvalue weighted by Gasteiger charge is -2.35. The minimum Gasteiger partial charge on any atom is -0.492 e. The van der Waals surface area contributed by atoms with Gasteiger partial charge < -0.3 is 30.7 Å². The molecule has 4 N–H and O–H groups in total. The van der Waals surface area contributed by atoms with Gasteiger partial charge in [-0.05, 0) is 36.6 Å². The molecular formula is C31H41FN4O5. The molecule has 5 atom stereocenters. The van der Waals surface area contributed by atoms with Crippen molar-refractivity contribution in [1.82, 2.24) is 20.9 Å². The number of rotatable bonds is 5. The molecule has 3 rings (SSSR count). The van der Waals surface area contributed by atoms with Gasteiger partial charge in [0.1, 0.15) is 30.3 Å². The van der Waals surface area contributed by atoms with Crippen molar-refractivity contribution in [2.45, 2.75) is 57.8 Å². The van der Waals surface area contributed by atoms with E-state index >= 15 is 0 Å². The number of ether oxygens (including phenoxy) is 1. The average molecular weight is 569 g/mol. The third-order valence-electron chi connectivity index (χ3n) is 7.27. The molecule has 0 saturated carbocycles. The van der Waals surface area contributed by atoms with Crippen LogP contribution < -0.4 is 20.7 Å². The van der Waals surface area contributed by atoms with Gasteiger partial charge in [0.15, 0.2) is 0 Å². The van der Waals surface area contributed by atoms with Crippen molar-refractivity contribution in [2.75, 3.05) is 26.7 Å². The SMILES string of the molecule is CCC(C)[C@@H]1NCCOc2ccccc2/C=C/CNC(=O)[C@@H](Cc2cccc(F)c2)NC(=O)[C@H](C(C)O)N(C)C1=O. The van der Waals surface area contributed by atoms with Crippen molar-refractivity contribution in [1.29, 1.82) is 0 Å². The Kier molecular flexibility index (Phi) is 11.9. The second-order valence-corrected chi connectivity index (χ2v) is 10.4. The summed E-state index contributed by atoms with van der Waals surface area (Å²) in [7, 11) is 1.47. The molecule has 2 aromatic rings. The van der Waals surface area contributed by atoms with E-state index in [1.807, 2.05) is 44.2 Å². The molecule has 0 fully saturated rings. The van der Waals surface area contributed by atoms with Crippen LogP contribution >= 0.6 is 0 Å². The summed E-state index contributed by atoms with van der Waals surface area (Å²) in [6.45, 7) is 6.17. The average Bonchev–Trinajstić information content (AvgIpc) is 2.94. The van der Waals surface area contributed by atoms with E-state index < -0.39 is 41.9 Å². The van der Waals surface area contributed by atoms with Crippen molar-refractivity contribution in [3.05, 3.63) is 71.6 Å². The van der Waals surface area contributed by atoms with Gasteiger partial charge in [0.2, 0.25) is 17.7 Å². The molecule has 222 valence electrons. The standard InChI is InChI=1S/C31H41FN4O5/c1-5-20(2)27-31(40)36(4)28(21(3)37)30(39)35-25(19-22-10-8-13-24(32)18-22)29(38)34-15-9-12-23-11-6-7-14-26(23)41-17-16-33-27/h6-14,18,20-21,25,27-28,33,37H,5,15-17,19H2,1-4H3,(H,34,38)(H,35,39)/b12-9+/t20?,21?,25-,27+,28+/m1/s1. The number of aliphatic hydroxyl groups excluding tert-OH is 1. The van der Waals surface area contributed by atoms with Crippen LogP contribution in [0.2, 0.25) is 0 Å². The zero-order valence-corrected chi connectivity index (χ0v) is 24.1. The summed E-state index contributed by atoms with van der Waals surface area (Å²) in [5.74, 6) is -1.42. The maximum atomic E-state index is 13.9. The Morgan fingerprint density at radius 2 is 1.85 bits per heavy atom. The molecule has 1 aliphatic rings. The zero-order chi connectivity index (χ0) is 29.9. The summed E-state index contributed by atoms with van der Waals surface area (Å²) in [5, 5.41) is 19.3. The highest BCUT2D eigenvalue weighted by molar-refractivity contribution is 5.93. The minimum atomic E-state index is -1.26. The van der Waals surface area contributed by atoms with Crippen LogP contribution in [0, 0.1) is 11.7 Å². The molecular weight excluding hydrogens is 527 g/mol. The molecule has 0 bridgehead atoms. The van der Waals surface area contributed by atoms with E-state index in [4.69, 9.17) is 4.74 Å². The number of likely N-dealkylation sites (N-methyl/N-ethyl adjacent to an activating group) is 1. The van der Waals surface area contributed by atoms with Crippen LogP contribution in [0.5, 0.6) is 5.75 Å². The van der Waals surface area contributed by atoms with Gasteiger partial charge >= 0.3 is 0 Å². The quantitative estimate of drug-likeness (QED) is 0.440. The predicted molar refractivity (Wildman–Crippen MR) is 155 cm³/mol. The maximum Gasteiger partial charge on any atom is 0.246 e. The Morgan fingerprint density at radius 3 is 2.56 bits per heavy atom. The second-order valence-electron chi connectivity index (χ2n) is 10.4. The number of hydrogen-bond acceptors (Lipinski definition) is 6. The second kappa shape index (κ2) is 15.3. The number of carbonyl (C=O) groups is 3. The molecule has 2 aromatic carbocycles.